The fourth-order valence-electron chi connectivity index (χ4n) is 3.19. The maximum Gasteiger partial charge on any atom is 0.0421 e. The van der Waals surface area contributed by atoms with Gasteiger partial charge in [0.1, 0.15) is 0 Å². The van der Waals surface area contributed by atoms with Gasteiger partial charge in [-0.2, -0.15) is 0 Å². The second-order valence-corrected chi connectivity index (χ2v) is 6.69. The van der Waals surface area contributed by atoms with Gasteiger partial charge in [0.15, 0.2) is 0 Å². The molecular formula is C19H25N3S. The first-order chi connectivity index (χ1) is 11.3. The van der Waals surface area contributed by atoms with Crippen LogP contribution in [0.15, 0.2) is 36.4 Å². The van der Waals surface area contributed by atoms with Gasteiger partial charge in [0.05, 0.1) is 0 Å². The van der Waals surface area contributed by atoms with Gasteiger partial charge < -0.3 is 16.0 Å². The lowest BCUT2D eigenvalue weighted by Gasteiger charge is -2.28. The predicted octanol–water partition coefficient (Wildman–Crippen LogP) is 3.81. The van der Waals surface area contributed by atoms with Gasteiger partial charge in [0.25, 0.3) is 0 Å². The monoisotopic (exact) mass is 327 g/mol. The highest BCUT2D eigenvalue weighted by atomic mass is 32.2. The minimum absolute atomic E-state index is 0.554. The summed E-state index contributed by atoms with van der Waals surface area (Å²) in [5, 5.41) is 12.7. The molecule has 1 aromatic carbocycles. The molecule has 3 rings (SSSR count). The Hall–Kier alpha value is -1.65. The Bertz CT molecular complexity index is 628. The first-order valence-electron chi connectivity index (χ1n) is 8.21. The average molecular weight is 327 g/mol. The summed E-state index contributed by atoms with van der Waals surface area (Å²) in [5.41, 5.74) is 6.33. The molecule has 0 aromatic heterocycles. The van der Waals surface area contributed by atoms with E-state index in [4.69, 9.17) is 0 Å². The van der Waals surface area contributed by atoms with E-state index in [0.717, 1.165) is 19.6 Å². The van der Waals surface area contributed by atoms with E-state index in [1.807, 2.05) is 12.3 Å². The van der Waals surface area contributed by atoms with Crippen molar-refractivity contribution in [3.05, 3.63) is 53.1 Å². The molecule has 0 spiro atoms. The molecule has 0 amide bonds. The molecule has 2 heterocycles. The van der Waals surface area contributed by atoms with Crippen molar-refractivity contribution >= 4 is 29.1 Å². The van der Waals surface area contributed by atoms with Crippen molar-refractivity contribution < 1.29 is 0 Å². The molecule has 0 atom stereocenters. The first-order valence-corrected chi connectivity index (χ1v) is 9.50. The largest absolute Gasteiger partial charge is 0.387 e. The van der Waals surface area contributed by atoms with Gasteiger partial charge in [-0.1, -0.05) is 12.7 Å². The van der Waals surface area contributed by atoms with Crippen LogP contribution in [0.4, 0.5) is 5.69 Å². The molecule has 1 fully saturated rings. The van der Waals surface area contributed by atoms with Crippen LogP contribution >= 0.6 is 11.8 Å². The molecule has 4 heteroatoms. The van der Waals surface area contributed by atoms with E-state index in [0.29, 0.717) is 6.04 Å². The molecule has 0 bridgehead atoms. The smallest absolute Gasteiger partial charge is 0.0421 e. The number of piperidine rings is 1. The van der Waals surface area contributed by atoms with E-state index in [9.17, 15) is 0 Å². The molecule has 23 heavy (non-hydrogen) atoms. The maximum absolute atomic E-state index is 3.97. The highest BCUT2D eigenvalue weighted by Crippen LogP contribution is 2.31. The summed E-state index contributed by atoms with van der Waals surface area (Å²) in [6.07, 6.45) is 10.6. The van der Waals surface area contributed by atoms with Gasteiger partial charge >= 0.3 is 0 Å². The molecule has 0 radical (unpaired) electrons. The standard InChI is InChI=1S/C19H25N3S/c1-3-14(13-23-2)16-10-15-4-7-21-12-18(15)19(11-16)22-17-5-8-20-9-6-17/h3-4,7,10-11,13,17,20-22H,1,5-6,8-9,12H2,2H3/b14-13+. The number of hydrogen-bond donors (Lipinski definition) is 3. The molecule has 1 saturated heterocycles. The van der Waals surface area contributed by atoms with E-state index < -0.39 is 0 Å². The summed E-state index contributed by atoms with van der Waals surface area (Å²) in [7, 11) is 0. The number of fused-ring (bicyclic) bond motifs is 1. The lowest BCUT2D eigenvalue weighted by atomic mass is 9.95. The van der Waals surface area contributed by atoms with Crippen molar-refractivity contribution in [2.75, 3.05) is 24.7 Å². The third-order valence-corrected chi connectivity index (χ3v) is 4.93. The highest BCUT2D eigenvalue weighted by Gasteiger charge is 2.17. The topological polar surface area (TPSA) is 36.1 Å². The Labute approximate surface area is 143 Å². The van der Waals surface area contributed by atoms with E-state index in [1.54, 1.807) is 11.8 Å². The van der Waals surface area contributed by atoms with Crippen LogP contribution in [0.1, 0.15) is 29.5 Å². The van der Waals surface area contributed by atoms with Crippen molar-refractivity contribution in [3.8, 4) is 0 Å². The van der Waals surface area contributed by atoms with Gasteiger partial charge in [-0.3, -0.25) is 0 Å². The number of anilines is 1. The van der Waals surface area contributed by atoms with E-state index in [1.165, 1.54) is 40.8 Å². The molecule has 1 aromatic rings. The molecule has 3 N–H and O–H groups in total. The molecule has 2 aliphatic rings. The molecule has 2 aliphatic heterocycles. The van der Waals surface area contributed by atoms with Crippen molar-refractivity contribution in [3.63, 3.8) is 0 Å². The van der Waals surface area contributed by atoms with E-state index in [2.05, 4.69) is 52.4 Å². The SMILES string of the molecule is C=C/C(=C\SC)c1cc2c(c(NC3CCNCC3)c1)CNC=C2. The number of thioether (sulfide) groups is 1. The Morgan fingerprint density at radius 1 is 1.35 bits per heavy atom. The van der Waals surface area contributed by atoms with Crippen LogP contribution in [-0.2, 0) is 6.54 Å². The number of rotatable bonds is 5. The van der Waals surface area contributed by atoms with Crippen molar-refractivity contribution in [1.29, 1.82) is 0 Å². The minimum Gasteiger partial charge on any atom is -0.387 e. The lowest BCUT2D eigenvalue weighted by Crippen LogP contribution is -2.35. The fourth-order valence-corrected chi connectivity index (χ4v) is 3.68. The van der Waals surface area contributed by atoms with Crippen LogP contribution in [0, 0.1) is 0 Å². The molecule has 0 unspecified atom stereocenters. The van der Waals surface area contributed by atoms with Gasteiger partial charge in [-0.15, -0.1) is 11.8 Å². The number of allylic oxidation sites excluding steroid dienone is 2. The predicted molar refractivity (Wildman–Crippen MR) is 104 cm³/mol. The van der Waals surface area contributed by atoms with Crippen LogP contribution in [0.25, 0.3) is 11.6 Å². The van der Waals surface area contributed by atoms with Crippen molar-refractivity contribution in [2.24, 2.45) is 0 Å². The van der Waals surface area contributed by atoms with Gasteiger partial charge in [0, 0.05) is 23.8 Å². The summed E-state index contributed by atoms with van der Waals surface area (Å²) in [5.74, 6) is 0. The van der Waals surface area contributed by atoms with Gasteiger partial charge in [-0.05, 0) is 78.7 Å². The Balaban J connectivity index is 1.97. The Morgan fingerprint density at radius 3 is 2.91 bits per heavy atom. The number of nitrogens with one attached hydrogen (secondary N) is 3. The zero-order chi connectivity index (χ0) is 16.1. The van der Waals surface area contributed by atoms with E-state index in [-0.39, 0.29) is 0 Å². The summed E-state index contributed by atoms with van der Waals surface area (Å²) in [6, 6.07) is 5.10. The highest BCUT2D eigenvalue weighted by molar-refractivity contribution is 8.01. The number of hydrogen-bond acceptors (Lipinski definition) is 4. The van der Waals surface area contributed by atoms with Crippen LogP contribution in [0.2, 0.25) is 0 Å². The second-order valence-electron chi connectivity index (χ2n) is 5.99. The van der Waals surface area contributed by atoms with Crippen molar-refractivity contribution in [1.82, 2.24) is 10.6 Å². The van der Waals surface area contributed by atoms with Crippen molar-refractivity contribution in [2.45, 2.75) is 25.4 Å². The summed E-state index contributed by atoms with van der Waals surface area (Å²) in [6.45, 7) is 7.06. The normalized spacial score (nSPS) is 18.2. The van der Waals surface area contributed by atoms with E-state index >= 15 is 0 Å². The third-order valence-electron chi connectivity index (χ3n) is 4.44. The molecule has 0 aliphatic carbocycles. The molecule has 122 valence electrons. The average Bonchev–Trinajstić information content (AvgIpc) is 2.60. The quantitative estimate of drug-likeness (QED) is 0.719. The Morgan fingerprint density at radius 2 is 2.17 bits per heavy atom. The Kier molecular flexibility index (Phi) is 5.47. The zero-order valence-corrected chi connectivity index (χ0v) is 14.5. The molecular weight excluding hydrogens is 302 g/mol. The third kappa shape index (κ3) is 3.82. The summed E-state index contributed by atoms with van der Waals surface area (Å²) >= 11 is 1.72. The fraction of sp³-hybridized carbons (Fsp3) is 0.368. The van der Waals surface area contributed by atoms with Crippen LogP contribution in [0.3, 0.4) is 0 Å². The van der Waals surface area contributed by atoms with Crippen LogP contribution in [-0.4, -0.2) is 25.4 Å². The van der Waals surface area contributed by atoms with Crippen LogP contribution < -0.4 is 16.0 Å². The summed E-state index contributed by atoms with van der Waals surface area (Å²) in [4.78, 5) is 0. The first kappa shape index (κ1) is 16.2. The van der Waals surface area contributed by atoms with Gasteiger partial charge in [0.2, 0.25) is 0 Å². The van der Waals surface area contributed by atoms with Gasteiger partial charge in [-0.25, -0.2) is 0 Å². The second kappa shape index (κ2) is 7.75. The molecule has 3 nitrogen and oxygen atoms in total. The molecule has 0 saturated carbocycles. The number of benzene rings is 1. The summed E-state index contributed by atoms with van der Waals surface area (Å²) < 4.78 is 0. The minimum atomic E-state index is 0.554. The zero-order valence-electron chi connectivity index (χ0n) is 13.7. The maximum atomic E-state index is 3.97. The van der Waals surface area contributed by atoms with Crippen LogP contribution in [0.5, 0.6) is 0 Å². The lowest BCUT2D eigenvalue weighted by molar-refractivity contribution is 0.479.